The average Bonchev–Trinajstić information content (AvgIpc) is 2.70. The lowest BCUT2D eigenvalue weighted by molar-refractivity contribution is 0.235. The van der Waals surface area contributed by atoms with Crippen molar-refractivity contribution >= 4 is 6.03 Å². The van der Waals surface area contributed by atoms with E-state index in [9.17, 15) is 4.79 Å². The summed E-state index contributed by atoms with van der Waals surface area (Å²) in [5, 5.41) is 5.89. The van der Waals surface area contributed by atoms with Crippen molar-refractivity contribution in [3.05, 3.63) is 65.2 Å². The van der Waals surface area contributed by atoms with E-state index in [1.54, 1.807) is 0 Å². The standard InChI is InChI=1S/C23H33N3O2/c1-5-26(6-2)17-21-13-8-7-11-19(21)15-24-23(27)25-16-20-12-9-10-14-22(20)28-18(3)4/h7-14,18H,5-6,15-17H2,1-4H3,(H2,24,25,27). The van der Waals surface area contributed by atoms with Crippen LogP contribution >= 0.6 is 0 Å². The molecule has 0 aromatic heterocycles. The Labute approximate surface area is 169 Å². The summed E-state index contributed by atoms with van der Waals surface area (Å²) in [6.07, 6.45) is 0.0947. The van der Waals surface area contributed by atoms with Crippen LogP contribution in [-0.4, -0.2) is 30.1 Å². The van der Waals surface area contributed by atoms with Crippen LogP contribution in [0.5, 0.6) is 5.75 Å². The Balaban J connectivity index is 1.90. The van der Waals surface area contributed by atoms with Crippen LogP contribution in [0.1, 0.15) is 44.4 Å². The van der Waals surface area contributed by atoms with Crippen LogP contribution in [-0.2, 0) is 19.6 Å². The first-order valence-electron chi connectivity index (χ1n) is 10.1. The Bertz CT molecular complexity index is 742. The third-order valence-corrected chi connectivity index (χ3v) is 4.62. The second-order valence-electron chi connectivity index (χ2n) is 7.04. The predicted molar refractivity (Wildman–Crippen MR) is 114 cm³/mol. The van der Waals surface area contributed by atoms with Gasteiger partial charge in [-0.3, -0.25) is 4.90 Å². The molecule has 5 nitrogen and oxygen atoms in total. The third-order valence-electron chi connectivity index (χ3n) is 4.62. The molecule has 2 amide bonds. The second kappa shape index (κ2) is 11.3. The maximum Gasteiger partial charge on any atom is 0.315 e. The minimum Gasteiger partial charge on any atom is -0.491 e. The van der Waals surface area contributed by atoms with Crippen molar-refractivity contribution in [2.24, 2.45) is 0 Å². The molecule has 152 valence electrons. The summed E-state index contributed by atoms with van der Waals surface area (Å²) in [6.45, 7) is 12.2. The number of carbonyl (C=O) groups excluding carboxylic acids is 1. The molecule has 0 atom stereocenters. The molecule has 0 bridgehead atoms. The van der Waals surface area contributed by atoms with E-state index < -0.39 is 0 Å². The van der Waals surface area contributed by atoms with Gasteiger partial charge < -0.3 is 15.4 Å². The molecule has 2 aromatic carbocycles. The van der Waals surface area contributed by atoms with Crippen LogP contribution in [0.15, 0.2) is 48.5 Å². The second-order valence-corrected chi connectivity index (χ2v) is 7.04. The van der Waals surface area contributed by atoms with Gasteiger partial charge in [0, 0.05) is 25.2 Å². The molecule has 0 aliphatic carbocycles. The topological polar surface area (TPSA) is 53.6 Å². The van der Waals surface area contributed by atoms with Crippen molar-refractivity contribution in [3.63, 3.8) is 0 Å². The van der Waals surface area contributed by atoms with Gasteiger partial charge in [-0.05, 0) is 44.1 Å². The van der Waals surface area contributed by atoms with Gasteiger partial charge in [-0.15, -0.1) is 0 Å². The van der Waals surface area contributed by atoms with Crippen molar-refractivity contribution in [3.8, 4) is 5.75 Å². The van der Waals surface area contributed by atoms with Gasteiger partial charge >= 0.3 is 6.03 Å². The smallest absolute Gasteiger partial charge is 0.315 e. The first-order chi connectivity index (χ1) is 13.5. The number of hydrogen-bond donors (Lipinski definition) is 2. The van der Waals surface area contributed by atoms with Crippen LogP contribution in [0.2, 0.25) is 0 Å². The lowest BCUT2D eigenvalue weighted by Crippen LogP contribution is -2.35. The average molecular weight is 384 g/mol. The summed E-state index contributed by atoms with van der Waals surface area (Å²) >= 11 is 0. The fourth-order valence-corrected chi connectivity index (χ4v) is 3.00. The number of carbonyl (C=O) groups is 1. The fourth-order valence-electron chi connectivity index (χ4n) is 3.00. The van der Waals surface area contributed by atoms with Gasteiger partial charge in [-0.2, -0.15) is 0 Å². The summed E-state index contributed by atoms with van der Waals surface area (Å²) in [7, 11) is 0. The van der Waals surface area contributed by atoms with Gasteiger partial charge in [-0.25, -0.2) is 4.79 Å². The normalized spacial score (nSPS) is 10.9. The zero-order chi connectivity index (χ0) is 20.4. The van der Waals surface area contributed by atoms with E-state index in [2.05, 4.69) is 41.5 Å². The molecule has 2 rings (SSSR count). The predicted octanol–water partition coefficient (Wildman–Crippen LogP) is 4.32. The molecule has 0 fully saturated rings. The minimum absolute atomic E-state index is 0.0947. The molecule has 0 aliphatic rings. The number of urea groups is 1. The zero-order valence-electron chi connectivity index (χ0n) is 17.5. The van der Waals surface area contributed by atoms with Crippen LogP contribution in [0.25, 0.3) is 0 Å². The quantitative estimate of drug-likeness (QED) is 0.643. The maximum atomic E-state index is 12.3. The highest BCUT2D eigenvalue weighted by Gasteiger charge is 2.09. The molecule has 2 N–H and O–H groups in total. The summed E-state index contributed by atoms with van der Waals surface area (Å²) in [4.78, 5) is 14.7. The first kappa shape index (κ1) is 21.8. The number of hydrogen-bond acceptors (Lipinski definition) is 3. The van der Waals surface area contributed by atoms with E-state index in [-0.39, 0.29) is 12.1 Å². The highest BCUT2D eigenvalue weighted by atomic mass is 16.5. The van der Waals surface area contributed by atoms with Gasteiger partial charge in [0.1, 0.15) is 5.75 Å². The largest absolute Gasteiger partial charge is 0.491 e. The van der Waals surface area contributed by atoms with Crippen molar-refractivity contribution in [1.82, 2.24) is 15.5 Å². The third kappa shape index (κ3) is 6.89. The van der Waals surface area contributed by atoms with Crippen molar-refractivity contribution in [1.29, 1.82) is 0 Å². The molecule has 0 saturated carbocycles. The molecular weight excluding hydrogens is 350 g/mol. The number of nitrogens with one attached hydrogen (secondary N) is 2. The minimum atomic E-state index is -0.183. The van der Waals surface area contributed by atoms with Gasteiger partial charge in [0.05, 0.1) is 6.10 Å². The lowest BCUT2D eigenvalue weighted by atomic mass is 10.1. The molecule has 28 heavy (non-hydrogen) atoms. The van der Waals surface area contributed by atoms with E-state index in [1.165, 1.54) is 5.56 Å². The zero-order valence-corrected chi connectivity index (χ0v) is 17.5. The van der Waals surface area contributed by atoms with Crippen molar-refractivity contribution in [2.75, 3.05) is 13.1 Å². The van der Waals surface area contributed by atoms with Gasteiger partial charge in [0.15, 0.2) is 0 Å². The number of ether oxygens (including phenoxy) is 1. The SMILES string of the molecule is CCN(CC)Cc1ccccc1CNC(=O)NCc1ccccc1OC(C)C. The monoisotopic (exact) mass is 383 g/mol. The highest BCUT2D eigenvalue weighted by Crippen LogP contribution is 2.19. The van der Waals surface area contributed by atoms with E-state index in [0.29, 0.717) is 13.1 Å². The number of rotatable bonds is 10. The highest BCUT2D eigenvalue weighted by molar-refractivity contribution is 5.74. The molecule has 0 aliphatic heterocycles. The lowest BCUT2D eigenvalue weighted by Gasteiger charge is -2.20. The van der Waals surface area contributed by atoms with E-state index in [0.717, 1.165) is 36.5 Å². The van der Waals surface area contributed by atoms with E-state index in [1.807, 2.05) is 50.2 Å². The maximum absolute atomic E-state index is 12.3. The first-order valence-corrected chi connectivity index (χ1v) is 10.1. The molecular formula is C23H33N3O2. The Morgan fingerprint density at radius 1 is 0.893 bits per heavy atom. The molecule has 2 aromatic rings. The molecule has 0 saturated heterocycles. The summed E-state index contributed by atoms with van der Waals surface area (Å²) < 4.78 is 5.80. The van der Waals surface area contributed by atoms with Gasteiger partial charge in [0.25, 0.3) is 0 Å². The summed E-state index contributed by atoms with van der Waals surface area (Å²) in [6, 6.07) is 15.9. The molecule has 0 unspecified atom stereocenters. The summed E-state index contributed by atoms with van der Waals surface area (Å²) in [5.41, 5.74) is 3.36. The van der Waals surface area contributed by atoms with E-state index in [4.69, 9.17) is 4.74 Å². The Kier molecular flexibility index (Phi) is 8.82. The fraction of sp³-hybridized carbons (Fsp3) is 0.435. The number of amides is 2. The molecule has 0 heterocycles. The Morgan fingerprint density at radius 2 is 1.43 bits per heavy atom. The summed E-state index contributed by atoms with van der Waals surface area (Å²) in [5.74, 6) is 0.808. The van der Waals surface area contributed by atoms with E-state index >= 15 is 0 Å². The number of nitrogens with zero attached hydrogens (tertiary/aromatic N) is 1. The van der Waals surface area contributed by atoms with Crippen LogP contribution in [0.4, 0.5) is 4.79 Å². The molecule has 0 spiro atoms. The van der Waals surface area contributed by atoms with Crippen LogP contribution in [0, 0.1) is 0 Å². The Morgan fingerprint density at radius 3 is 2.04 bits per heavy atom. The van der Waals surface area contributed by atoms with Crippen LogP contribution < -0.4 is 15.4 Å². The van der Waals surface area contributed by atoms with Gasteiger partial charge in [-0.1, -0.05) is 56.3 Å². The molecule has 0 radical (unpaired) electrons. The van der Waals surface area contributed by atoms with Crippen molar-refractivity contribution < 1.29 is 9.53 Å². The van der Waals surface area contributed by atoms with Crippen molar-refractivity contribution in [2.45, 2.75) is 53.4 Å². The number of benzene rings is 2. The van der Waals surface area contributed by atoms with Gasteiger partial charge in [0.2, 0.25) is 0 Å². The van der Waals surface area contributed by atoms with Crippen LogP contribution in [0.3, 0.4) is 0 Å². The molecule has 5 heteroatoms. The number of para-hydroxylation sites is 1. The Hall–Kier alpha value is -2.53.